The Morgan fingerprint density at radius 1 is 1.06 bits per heavy atom. The van der Waals surface area contributed by atoms with Crippen LogP contribution in [0.3, 0.4) is 0 Å². The molecule has 0 saturated heterocycles. The summed E-state index contributed by atoms with van der Waals surface area (Å²) in [7, 11) is 0. The molecule has 0 aliphatic carbocycles. The molecule has 2 aromatic carbocycles. The first-order valence-corrected chi connectivity index (χ1v) is 5.47. The van der Waals surface area contributed by atoms with E-state index in [9.17, 15) is 10.2 Å². The van der Waals surface area contributed by atoms with Gasteiger partial charge in [0.15, 0.2) is 0 Å². The molecule has 0 saturated carbocycles. The molecule has 0 spiro atoms. The minimum atomic E-state index is 0.0714. The number of benzene rings is 2. The number of phenols is 2. The molecule has 0 aromatic heterocycles. The van der Waals surface area contributed by atoms with Crippen molar-refractivity contribution in [2.75, 3.05) is 5.32 Å². The average molecular weight is 229 g/mol. The molecule has 0 radical (unpaired) electrons. The zero-order chi connectivity index (χ0) is 12.3. The van der Waals surface area contributed by atoms with E-state index in [4.69, 9.17) is 0 Å². The first-order chi connectivity index (χ1) is 8.16. The van der Waals surface area contributed by atoms with Gasteiger partial charge >= 0.3 is 0 Å². The number of para-hydroxylation sites is 1. The normalized spacial score (nSPS) is 10.2. The van der Waals surface area contributed by atoms with Crippen LogP contribution in [0.25, 0.3) is 0 Å². The quantitative estimate of drug-likeness (QED) is 0.758. The summed E-state index contributed by atoms with van der Waals surface area (Å²) in [5.74, 6) is 0.174. The van der Waals surface area contributed by atoms with Crippen molar-refractivity contribution in [3.63, 3.8) is 0 Å². The highest BCUT2D eigenvalue weighted by Gasteiger charge is 2.02. The lowest BCUT2D eigenvalue weighted by molar-refractivity contribution is 0.446. The summed E-state index contributed by atoms with van der Waals surface area (Å²) in [4.78, 5) is 0. The van der Waals surface area contributed by atoms with Gasteiger partial charge in [-0.05, 0) is 30.7 Å². The van der Waals surface area contributed by atoms with Gasteiger partial charge in [-0.25, -0.2) is 0 Å². The van der Waals surface area contributed by atoms with Gasteiger partial charge in [-0.3, -0.25) is 0 Å². The van der Waals surface area contributed by atoms with Crippen LogP contribution in [0.2, 0.25) is 0 Å². The maximum Gasteiger partial charge on any atom is 0.124 e. The number of anilines is 1. The van der Waals surface area contributed by atoms with Crippen LogP contribution in [0.1, 0.15) is 11.1 Å². The van der Waals surface area contributed by atoms with Gasteiger partial charge in [-0.1, -0.05) is 18.2 Å². The number of phenolic OH excluding ortho intramolecular Hbond substituents is 2. The number of hydrogen-bond donors (Lipinski definition) is 3. The molecule has 0 amide bonds. The van der Waals surface area contributed by atoms with E-state index in [1.807, 2.05) is 31.2 Å². The summed E-state index contributed by atoms with van der Waals surface area (Å²) in [6, 6.07) is 12.6. The molecule has 0 bridgehead atoms. The monoisotopic (exact) mass is 229 g/mol. The van der Waals surface area contributed by atoms with E-state index in [2.05, 4.69) is 5.32 Å². The molecule has 2 rings (SSSR count). The summed E-state index contributed by atoms with van der Waals surface area (Å²) >= 11 is 0. The molecule has 0 unspecified atom stereocenters. The molecular weight excluding hydrogens is 214 g/mol. The van der Waals surface area contributed by atoms with Gasteiger partial charge in [0.25, 0.3) is 0 Å². The molecule has 3 heteroatoms. The van der Waals surface area contributed by atoms with E-state index in [0.29, 0.717) is 6.54 Å². The molecule has 2 aromatic rings. The molecule has 0 fully saturated rings. The fourth-order valence-corrected chi connectivity index (χ4v) is 1.66. The largest absolute Gasteiger partial charge is 0.508 e. The minimum Gasteiger partial charge on any atom is -0.508 e. The Balaban J connectivity index is 2.10. The van der Waals surface area contributed by atoms with Crippen molar-refractivity contribution in [3.8, 4) is 11.5 Å². The van der Waals surface area contributed by atoms with Crippen molar-refractivity contribution >= 4 is 5.69 Å². The Morgan fingerprint density at radius 2 is 1.82 bits per heavy atom. The maximum absolute atomic E-state index is 9.64. The van der Waals surface area contributed by atoms with Crippen LogP contribution in [-0.2, 0) is 6.54 Å². The summed E-state index contributed by atoms with van der Waals surface area (Å²) in [6.07, 6.45) is 0. The average Bonchev–Trinajstić information content (AvgIpc) is 2.30. The van der Waals surface area contributed by atoms with Crippen LogP contribution in [0.4, 0.5) is 5.69 Å². The van der Waals surface area contributed by atoms with Crippen molar-refractivity contribution in [3.05, 3.63) is 53.6 Å². The first-order valence-electron chi connectivity index (χ1n) is 5.47. The fourth-order valence-electron chi connectivity index (χ4n) is 1.66. The van der Waals surface area contributed by atoms with Crippen LogP contribution in [-0.4, -0.2) is 10.2 Å². The number of hydrogen-bond acceptors (Lipinski definition) is 3. The molecular formula is C14H15NO2. The van der Waals surface area contributed by atoms with Crippen molar-refractivity contribution in [1.82, 2.24) is 0 Å². The lowest BCUT2D eigenvalue weighted by Gasteiger charge is -2.10. The molecule has 3 nitrogen and oxygen atoms in total. The van der Waals surface area contributed by atoms with Crippen molar-refractivity contribution in [2.24, 2.45) is 0 Å². The van der Waals surface area contributed by atoms with E-state index in [1.54, 1.807) is 12.1 Å². The topological polar surface area (TPSA) is 52.5 Å². The van der Waals surface area contributed by atoms with Crippen LogP contribution in [0, 0.1) is 6.92 Å². The van der Waals surface area contributed by atoms with Gasteiger partial charge in [-0.2, -0.15) is 0 Å². The summed E-state index contributed by atoms with van der Waals surface area (Å²) in [5.41, 5.74) is 2.96. The van der Waals surface area contributed by atoms with Crippen LogP contribution in [0.5, 0.6) is 11.5 Å². The predicted octanol–water partition coefficient (Wildman–Crippen LogP) is 3.02. The molecule has 17 heavy (non-hydrogen) atoms. The third kappa shape index (κ3) is 2.69. The number of aryl methyl sites for hydroxylation is 1. The minimum absolute atomic E-state index is 0.0714. The third-order valence-electron chi connectivity index (χ3n) is 2.68. The van der Waals surface area contributed by atoms with Gasteiger partial charge in [0.1, 0.15) is 11.5 Å². The lowest BCUT2D eigenvalue weighted by atomic mass is 10.1. The Labute approximate surface area is 100 Å². The number of aromatic hydroxyl groups is 2. The zero-order valence-electron chi connectivity index (χ0n) is 9.64. The van der Waals surface area contributed by atoms with E-state index in [0.717, 1.165) is 16.8 Å². The second-order valence-corrected chi connectivity index (χ2v) is 3.98. The Kier molecular flexibility index (Phi) is 3.19. The molecule has 3 N–H and O–H groups in total. The Bertz CT molecular complexity index is 523. The Morgan fingerprint density at radius 3 is 2.53 bits per heavy atom. The van der Waals surface area contributed by atoms with E-state index in [1.165, 1.54) is 6.07 Å². The summed E-state index contributed by atoms with van der Waals surface area (Å²) < 4.78 is 0. The van der Waals surface area contributed by atoms with Crippen LogP contribution in [0.15, 0.2) is 42.5 Å². The molecule has 0 aliphatic rings. The lowest BCUT2D eigenvalue weighted by Crippen LogP contribution is -2.00. The highest BCUT2D eigenvalue weighted by molar-refractivity contribution is 5.51. The fraction of sp³-hybridized carbons (Fsp3) is 0.143. The smallest absolute Gasteiger partial charge is 0.124 e. The van der Waals surface area contributed by atoms with Crippen molar-refractivity contribution in [2.45, 2.75) is 13.5 Å². The molecule has 0 aliphatic heterocycles. The predicted molar refractivity (Wildman–Crippen MR) is 68.3 cm³/mol. The molecule has 0 heterocycles. The maximum atomic E-state index is 9.64. The third-order valence-corrected chi connectivity index (χ3v) is 2.68. The van der Waals surface area contributed by atoms with Gasteiger partial charge in [0.2, 0.25) is 0 Å². The second kappa shape index (κ2) is 4.78. The first kappa shape index (κ1) is 11.3. The summed E-state index contributed by atoms with van der Waals surface area (Å²) in [6.45, 7) is 2.55. The van der Waals surface area contributed by atoms with Gasteiger partial charge in [0.05, 0.1) is 0 Å². The van der Waals surface area contributed by atoms with E-state index < -0.39 is 0 Å². The zero-order valence-corrected chi connectivity index (χ0v) is 9.64. The standard InChI is InChI=1S/C14H15NO2/c1-10-4-2-3-5-13(10)15-9-11-6-7-12(16)8-14(11)17/h2-8,15-17H,9H2,1H3. The van der Waals surface area contributed by atoms with Crippen molar-refractivity contribution in [1.29, 1.82) is 0 Å². The van der Waals surface area contributed by atoms with Gasteiger partial charge in [-0.15, -0.1) is 0 Å². The number of rotatable bonds is 3. The van der Waals surface area contributed by atoms with Gasteiger partial charge in [0, 0.05) is 23.9 Å². The van der Waals surface area contributed by atoms with Crippen LogP contribution < -0.4 is 5.32 Å². The highest BCUT2D eigenvalue weighted by atomic mass is 16.3. The number of nitrogens with one attached hydrogen (secondary N) is 1. The van der Waals surface area contributed by atoms with Crippen LogP contribution >= 0.6 is 0 Å². The Hall–Kier alpha value is -2.16. The van der Waals surface area contributed by atoms with E-state index >= 15 is 0 Å². The highest BCUT2D eigenvalue weighted by Crippen LogP contribution is 2.24. The second-order valence-electron chi connectivity index (χ2n) is 3.98. The SMILES string of the molecule is Cc1ccccc1NCc1ccc(O)cc1O. The van der Waals surface area contributed by atoms with Gasteiger partial charge < -0.3 is 15.5 Å². The molecule has 0 atom stereocenters. The summed E-state index contributed by atoms with van der Waals surface area (Å²) in [5, 5.41) is 22.1. The molecule has 88 valence electrons. The van der Waals surface area contributed by atoms with Crippen molar-refractivity contribution < 1.29 is 10.2 Å². The van der Waals surface area contributed by atoms with E-state index in [-0.39, 0.29) is 11.5 Å².